The molecule has 1 atom stereocenters. The van der Waals surface area contributed by atoms with Crippen LogP contribution in [-0.2, 0) is 18.9 Å². The highest BCUT2D eigenvalue weighted by atomic mass is 35.5. The molecule has 0 aliphatic rings. The molecular weight excluding hydrogens is 377 g/mol. The molecule has 1 aromatic carbocycles. The van der Waals surface area contributed by atoms with Gasteiger partial charge in [-0.25, -0.2) is 4.39 Å². The first kappa shape index (κ1) is 22.2. The number of rotatable bonds is 6. The van der Waals surface area contributed by atoms with Crippen molar-refractivity contribution in [1.29, 1.82) is 0 Å². The van der Waals surface area contributed by atoms with Crippen molar-refractivity contribution in [2.45, 2.75) is 52.5 Å². The van der Waals surface area contributed by atoms with E-state index in [9.17, 15) is 4.39 Å². The van der Waals surface area contributed by atoms with E-state index >= 15 is 0 Å². The van der Waals surface area contributed by atoms with Gasteiger partial charge in [-0.1, -0.05) is 31.5 Å². The van der Waals surface area contributed by atoms with Gasteiger partial charge in [0.15, 0.2) is 5.96 Å². The average Bonchev–Trinajstić information content (AvgIpc) is 2.84. The molecule has 0 aliphatic heterocycles. The number of nitrogens with one attached hydrogen (secondary N) is 2. The van der Waals surface area contributed by atoms with Crippen molar-refractivity contribution in [3.63, 3.8) is 0 Å². The molecule has 0 radical (unpaired) electrons. The first-order valence-corrected chi connectivity index (χ1v) is 9.84. The van der Waals surface area contributed by atoms with Gasteiger partial charge in [-0.05, 0) is 50.5 Å². The van der Waals surface area contributed by atoms with Crippen LogP contribution in [0, 0.1) is 19.7 Å². The maximum atomic E-state index is 13.3. The standard InChI is InChI=1S/C21H31ClFN5/c1-13(10-17-14(2)27-28(7)15(17)3)26-20(24-6)25-12-21(4,5)18-9-8-16(23)11-19(18)22/h8-9,11,13H,10,12H2,1-7H3,(H2,24,25,26). The summed E-state index contributed by atoms with van der Waals surface area (Å²) in [4.78, 5) is 4.33. The third-order valence-electron chi connectivity index (χ3n) is 5.13. The Bertz CT molecular complexity index is 857. The Hall–Kier alpha value is -2.08. The van der Waals surface area contributed by atoms with Gasteiger partial charge in [0.05, 0.1) is 5.69 Å². The molecule has 2 aromatic rings. The maximum Gasteiger partial charge on any atom is 0.191 e. The Balaban J connectivity index is 2.00. The maximum absolute atomic E-state index is 13.3. The fourth-order valence-electron chi connectivity index (χ4n) is 3.34. The molecule has 0 saturated heterocycles. The number of aromatic nitrogens is 2. The molecule has 2 rings (SSSR count). The highest BCUT2D eigenvalue weighted by Gasteiger charge is 2.24. The summed E-state index contributed by atoms with van der Waals surface area (Å²) in [6.07, 6.45) is 0.861. The molecule has 2 N–H and O–H groups in total. The zero-order valence-corrected chi connectivity index (χ0v) is 18.6. The molecule has 5 nitrogen and oxygen atoms in total. The number of hydrogen-bond donors (Lipinski definition) is 2. The monoisotopic (exact) mass is 407 g/mol. The number of aryl methyl sites for hydroxylation is 2. The van der Waals surface area contributed by atoms with Gasteiger partial charge in [0.2, 0.25) is 0 Å². The van der Waals surface area contributed by atoms with E-state index in [1.165, 1.54) is 23.4 Å². The molecule has 1 unspecified atom stereocenters. The number of nitrogens with zero attached hydrogens (tertiary/aromatic N) is 3. The molecule has 1 heterocycles. The van der Waals surface area contributed by atoms with Crippen LogP contribution in [-0.4, -0.2) is 35.4 Å². The highest BCUT2D eigenvalue weighted by molar-refractivity contribution is 6.31. The fraction of sp³-hybridized carbons (Fsp3) is 0.524. The van der Waals surface area contributed by atoms with Crippen LogP contribution >= 0.6 is 11.6 Å². The average molecular weight is 408 g/mol. The van der Waals surface area contributed by atoms with E-state index in [4.69, 9.17) is 11.6 Å². The Labute approximate surface area is 172 Å². The molecule has 1 aromatic heterocycles. The quantitative estimate of drug-likeness (QED) is 0.564. The van der Waals surface area contributed by atoms with Gasteiger partial charge in [0, 0.05) is 42.8 Å². The minimum atomic E-state index is -0.329. The number of benzene rings is 1. The number of hydrogen-bond acceptors (Lipinski definition) is 2. The van der Waals surface area contributed by atoms with E-state index in [0.717, 1.165) is 23.6 Å². The molecule has 0 spiro atoms. The van der Waals surface area contributed by atoms with Crippen LogP contribution in [0.2, 0.25) is 5.02 Å². The van der Waals surface area contributed by atoms with Crippen LogP contribution < -0.4 is 10.6 Å². The van der Waals surface area contributed by atoms with Crippen molar-refractivity contribution in [3.8, 4) is 0 Å². The second-order valence-electron chi connectivity index (χ2n) is 7.96. The van der Waals surface area contributed by atoms with Gasteiger partial charge < -0.3 is 10.6 Å². The first-order chi connectivity index (χ1) is 13.0. The SMILES string of the molecule is CN=C(NCC(C)(C)c1ccc(F)cc1Cl)NC(C)Cc1c(C)nn(C)c1C. The van der Waals surface area contributed by atoms with Crippen LogP contribution in [0.4, 0.5) is 4.39 Å². The largest absolute Gasteiger partial charge is 0.356 e. The Morgan fingerprint density at radius 3 is 2.57 bits per heavy atom. The van der Waals surface area contributed by atoms with Crippen LogP contribution in [0.5, 0.6) is 0 Å². The van der Waals surface area contributed by atoms with E-state index in [0.29, 0.717) is 11.6 Å². The minimum Gasteiger partial charge on any atom is -0.356 e. The van der Waals surface area contributed by atoms with Crippen LogP contribution in [0.1, 0.15) is 43.3 Å². The van der Waals surface area contributed by atoms with Crippen molar-refractivity contribution in [2.75, 3.05) is 13.6 Å². The topological polar surface area (TPSA) is 54.2 Å². The summed E-state index contributed by atoms with van der Waals surface area (Å²) in [5, 5.41) is 11.7. The lowest BCUT2D eigenvalue weighted by atomic mass is 9.84. The van der Waals surface area contributed by atoms with Gasteiger partial charge in [-0.15, -0.1) is 0 Å². The summed E-state index contributed by atoms with van der Waals surface area (Å²) in [5.41, 5.74) is 4.11. The van der Waals surface area contributed by atoms with E-state index in [2.05, 4.69) is 48.4 Å². The van der Waals surface area contributed by atoms with Crippen molar-refractivity contribution in [3.05, 3.63) is 51.6 Å². The zero-order valence-electron chi connectivity index (χ0n) is 17.8. The molecule has 0 fully saturated rings. The molecule has 0 bridgehead atoms. The van der Waals surface area contributed by atoms with Gasteiger partial charge in [0.1, 0.15) is 5.82 Å². The lowest BCUT2D eigenvalue weighted by molar-refractivity contribution is 0.503. The fourth-order valence-corrected chi connectivity index (χ4v) is 3.76. The smallest absolute Gasteiger partial charge is 0.191 e. The van der Waals surface area contributed by atoms with Gasteiger partial charge in [-0.2, -0.15) is 5.10 Å². The predicted molar refractivity (Wildman–Crippen MR) is 115 cm³/mol. The second-order valence-corrected chi connectivity index (χ2v) is 8.36. The third kappa shape index (κ3) is 5.25. The highest BCUT2D eigenvalue weighted by Crippen LogP contribution is 2.29. The Morgan fingerprint density at radius 1 is 1.36 bits per heavy atom. The third-order valence-corrected chi connectivity index (χ3v) is 5.45. The number of aliphatic imine (C=N–C) groups is 1. The molecular formula is C21H31ClFN5. The lowest BCUT2D eigenvalue weighted by Crippen LogP contribution is -2.47. The van der Waals surface area contributed by atoms with Gasteiger partial charge in [-0.3, -0.25) is 9.67 Å². The molecule has 0 aliphatic carbocycles. The van der Waals surface area contributed by atoms with Crippen molar-refractivity contribution in [2.24, 2.45) is 12.0 Å². The number of halogens is 2. The second kappa shape index (κ2) is 8.95. The Morgan fingerprint density at radius 2 is 2.04 bits per heavy atom. The van der Waals surface area contributed by atoms with Crippen molar-refractivity contribution < 1.29 is 4.39 Å². The van der Waals surface area contributed by atoms with Crippen LogP contribution in [0.3, 0.4) is 0 Å². The lowest BCUT2D eigenvalue weighted by Gasteiger charge is -2.28. The summed E-state index contributed by atoms with van der Waals surface area (Å²) in [5.74, 6) is 0.391. The van der Waals surface area contributed by atoms with Crippen molar-refractivity contribution in [1.82, 2.24) is 20.4 Å². The first-order valence-electron chi connectivity index (χ1n) is 9.47. The summed E-state index contributed by atoms with van der Waals surface area (Å²) in [6, 6.07) is 4.72. The number of guanidine groups is 1. The molecule has 0 amide bonds. The molecule has 7 heteroatoms. The van der Waals surface area contributed by atoms with E-state index in [1.807, 2.05) is 18.7 Å². The van der Waals surface area contributed by atoms with E-state index in [1.54, 1.807) is 13.1 Å². The van der Waals surface area contributed by atoms with Crippen molar-refractivity contribution >= 4 is 17.6 Å². The van der Waals surface area contributed by atoms with Gasteiger partial charge >= 0.3 is 0 Å². The van der Waals surface area contributed by atoms with Gasteiger partial charge in [0.25, 0.3) is 0 Å². The van der Waals surface area contributed by atoms with E-state index in [-0.39, 0.29) is 17.3 Å². The predicted octanol–water partition coefficient (Wildman–Crippen LogP) is 3.90. The molecule has 28 heavy (non-hydrogen) atoms. The summed E-state index contributed by atoms with van der Waals surface area (Å²) in [6.45, 7) is 11.0. The normalized spacial score (nSPS) is 13.5. The zero-order chi connectivity index (χ0) is 21.1. The molecule has 154 valence electrons. The summed E-state index contributed by atoms with van der Waals surface area (Å²) >= 11 is 6.25. The summed E-state index contributed by atoms with van der Waals surface area (Å²) < 4.78 is 15.3. The summed E-state index contributed by atoms with van der Waals surface area (Å²) in [7, 11) is 3.72. The Kier molecular flexibility index (Phi) is 7.10. The van der Waals surface area contributed by atoms with Crippen LogP contribution in [0.25, 0.3) is 0 Å². The molecule has 0 saturated carbocycles. The van der Waals surface area contributed by atoms with Crippen LogP contribution in [0.15, 0.2) is 23.2 Å². The van der Waals surface area contributed by atoms with E-state index < -0.39 is 0 Å². The minimum absolute atomic E-state index is 0.185.